The SMILES string of the molecule is C[C@H](CCNCCc1ccc(O)c2[nH]c(=O)sc12)C(N)=O. The average molecular weight is 309 g/mol. The number of thiazole rings is 1. The first-order chi connectivity index (χ1) is 9.99. The van der Waals surface area contributed by atoms with Gasteiger partial charge < -0.3 is 21.1 Å². The summed E-state index contributed by atoms with van der Waals surface area (Å²) in [5.41, 5.74) is 6.72. The molecule has 6 nitrogen and oxygen atoms in total. The highest BCUT2D eigenvalue weighted by Gasteiger charge is 2.10. The molecule has 2 aromatic rings. The number of rotatable bonds is 7. The first-order valence-electron chi connectivity index (χ1n) is 6.82. The van der Waals surface area contributed by atoms with Crippen LogP contribution in [0.2, 0.25) is 0 Å². The second kappa shape index (κ2) is 6.73. The van der Waals surface area contributed by atoms with Crippen LogP contribution >= 0.6 is 11.3 Å². The zero-order chi connectivity index (χ0) is 15.4. The van der Waals surface area contributed by atoms with Crippen molar-refractivity contribution in [1.29, 1.82) is 0 Å². The van der Waals surface area contributed by atoms with Crippen molar-refractivity contribution in [3.63, 3.8) is 0 Å². The van der Waals surface area contributed by atoms with E-state index in [1.54, 1.807) is 6.07 Å². The molecule has 21 heavy (non-hydrogen) atoms. The minimum Gasteiger partial charge on any atom is -0.506 e. The van der Waals surface area contributed by atoms with Crippen LogP contribution in [-0.4, -0.2) is 29.1 Å². The molecule has 0 fully saturated rings. The van der Waals surface area contributed by atoms with E-state index in [-0.39, 0.29) is 22.4 Å². The predicted molar refractivity (Wildman–Crippen MR) is 83.7 cm³/mol. The highest BCUT2D eigenvalue weighted by atomic mass is 32.1. The zero-order valence-corrected chi connectivity index (χ0v) is 12.6. The first kappa shape index (κ1) is 15.5. The van der Waals surface area contributed by atoms with Gasteiger partial charge >= 0.3 is 4.87 Å². The summed E-state index contributed by atoms with van der Waals surface area (Å²) < 4.78 is 0.798. The molecule has 1 heterocycles. The van der Waals surface area contributed by atoms with E-state index >= 15 is 0 Å². The number of primary amides is 1. The monoisotopic (exact) mass is 309 g/mol. The van der Waals surface area contributed by atoms with Gasteiger partial charge in [-0.25, -0.2) is 0 Å². The molecule has 0 aliphatic heterocycles. The van der Waals surface area contributed by atoms with Crippen molar-refractivity contribution < 1.29 is 9.90 Å². The van der Waals surface area contributed by atoms with Crippen molar-refractivity contribution >= 4 is 27.5 Å². The molecular weight excluding hydrogens is 290 g/mol. The number of carbonyl (C=O) groups is 1. The van der Waals surface area contributed by atoms with Crippen LogP contribution in [0.25, 0.3) is 10.2 Å². The lowest BCUT2D eigenvalue weighted by molar-refractivity contribution is -0.121. The Kier molecular flexibility index (Phi) is 4.98. The lowest BCUT2D eigenvalue weighted by atomic mass is 10.1. The summed E-state index contributed by atoms with van der Waals surface area (Å²) in [5, 5.41) is 13.0. The Balaban J connectivity index is 1.91. The van der Waals surface area contributed by atoms with Crippen LogP contribution < -0.4 is 15.9 Å². The van der Waals surface area contributed by atoms with Crippen molar-refractivity contribution in [1.82, 2.24) is 10.3 Å². The second-order valence-corrected chi connectivity index (χ2v) is 6.04. The molecule has 7 heteroatoms. The third-order valence-corrected chi connectivity index (χ3v) is 4.41. The van der Waals surface area contributed by atoms with Gasteiger partial charge in [0, 0.05) is 5.92 Å². The van der Waals surface area contributed by atoms with Crippen molar-refractivity contribution in [2.75, 3.05) is 13.1 Å². The molecular formula is C14H19N3O3S. The van der Waals surface area contributed by atoms with Crippen LogP contribution in [0.4, 0.5) is 0 Å². The van der Waals surface area contributed by atoms with Gasteiger partial charge in [-0.1, -0.05) is 24.3 Å². The summed E-state index contributed by atoms with van der Waals surface area (Å²) >= 11 is 1.11. The van der Waals surface area contributed by atoms with Crippen molar-refractivity contribution in [3.05, 3.63) is 27.4 Å². The van der Waals surface area contributed by atoms with Gasteiger partial charge in [-0.05, 0) is 37.6 Å². The van der Waals surface area contributed by atoms with Gasteiger partial charge in [-0.2, -0.15) is 0 Å². The maximum atomic E-state index is 11.4. The van der Waals surface area contributed by atoms with Crippen LogP contribution in [0.15, 0.2) is 16.9 Å². The number of nitrogens with one attached hydrogen (secondary N) is 2. The molecule has 114 valence electrons. The maximum absolute atomic E-state index is 11.4. The van der Waals surface area contributed by atoms with Gasteiger partial charge in [-0.3, -0.25) is 9.59 Å². The molecule has 1 aromatic carbocycles. The molecule has 0 spiro atoms. The molecule has 0 radical (unpaired) electrons. The molecule has 0 aliphatic carbocycles. The summed E-state index contributed by atoms with van der Waals surface area (Å²) in [4.78, 5) is 24.8. The largest absolute Gasteiger partial charge is 0.506 e. The fourth-order valence-electron chi connectivity index (χ4n) is 2.08. The third-order valence-electron chi connectivity index (χ3n) is 3.45. The van der Waals surface area contributed by atoms with Gasteiger partial charge in [-0.15, -0.1) is 0 Å². The lowest BCUT2D eigenvalue weighted by Gasteiger charge is -2.09. The summed E-state index contributed by atoms with van der Waals surface area (Å²) in [5.74, 6) is -0.322. The van der Waals surface area contributed by atoms with Crippen LogP contribution in [0.1, 0.15) is 18.9 Å². The van der Waals surface area contributed by atoms with Crippen LogP contribution in [-0.2, 0) is 11.2 Å². The molecule has 1 aromatic heterocycles. The molecule has 0 saturated heterocycles. The van der Waals surface area contributed by atoms with E-state index < -0.39 is 0 Å². The number of aromatic nitrogens is 1. The smallest absolute Gasteiger partial charge is 0.305 e. The average Bonchev–Trinajstić information content (AvgIpc) is 2.83. The normalized spacial score (nSPS) is 12.6. The van der Waals surface area contributed by atoms with E-state index in [0.717, 1.165) is 34.6 Å². The molecule has 0 unspecified atom stereocenters. The van der Waals surface area contributed by atoms with Crippen molar-refractivity contribution in [2.45, 2.75) is 19.8 Å². The number of hydrogen-bond donors (Lipinski definition) is 4. The van der Waals surface area contributed by atoms with Crippen LogP contribution in [0.5, 0.6) is 5.75 Å². The third kappa shape index (κ3) is 3.83. The Hall–Kier alpha value is -1.86. The van der Waals surface area contributed by atoms with E-state index in [1.807, 2.05) is 13.0 Å². The number of hydrogen-bond acceptors (Lipinski definition) is 5. The first-order valence-corrected chi connectivity index (χ1v) is 7.64. The quantitative estimate of drug-likeness (QED) is 0.571. The minimum absolute atomic E-state index is 0.0929. The van der Waals surface area contributed by atoms with Crippen LogP contribution in [0, 0.1) is 5.92 Å². The highest BCUT2D eigenvalue weighted by Crippen LogP contribution is 2.27. The Bertz CT molecular complexity index is 692. The van der Waals surface area contributed by atoms with Crippen molar-refractivity contribution in [3.8, 4) is 5.75 Å². The molecule has 2 rings (SSSR count). The Morgan fingerprint density at radius 1 is 1.48 bits per heavy atom. The second-order valence-electron chi connectivity index (χ2n) is 5.05. The Morgan fingerprint density at radius 2 is 2.24 bits per heavy atom. The highest BCUT2D eigenvalue weighted by molar-refractivity contribution is 7.16. The van der Waals surface area contributed by atoms with E-state index in [4.69, 9.17) is 5.73 Å². The molecule has 0 saturated carbocycles. The number of aromatic amines is 1. The Labute approximate surface area is 126 Å². The minimum atomic E-state index is -0.283. The maximum Gasteiger partial charge on any atom is 0.305 e. The van der Waals surface area contributed by atoms with E-state index in [2.05, 4.69) is 10.3 Å². The Morgan fingerprint density at radius 3 is 2.95 bits per heavy atom. The fraction of sp³-hybridized carbons (Fsp3) is 0.429. The van der Waals surface area contributed by atoms with Crippen molar-refractivity contribution in [2.24, 2.45) is 11.7 Å². The standard InChI is InChI=1S/C14H19N3O3S/c1-8(13(15)19)4-6-16-7-5-9-2-3-10(18)11-12(9)21-14(20)17-11/h2-3,8,16,18H,4-7H2,1H3,(H2,15,19)(H,17,20)/t8-/m1/s1. The summed E-state index contributed by atoms with van der Waals surface area (Å²) in [6.45, 7) is 3.26. The molecule has 0 aliphatic rings. The van der Waals surface area contributed by atoms with E-state index in [0.29, 0.717) is 18.5 Å². The number of benzene rings is 1. The van der Waals surface area contributed by atoms with E-state index in [1.165, 1.54) is 0 Å². The lowest BCUT2D eigenvalue weighted by Crippen LogP contribution is -2.26. The number of amides is 1. The van der Waals surface area contributed by atoms with Gasteiger partial charge in [0.15, 0.2) is 0 Å². The van der Waals surface area contributed by atoms with Gasteiger partial charge in [0.25, 0.3) is 0 Å². The molecule has 0 bridgehead atoms. The zero-order valence-electron chi connectivity index (χ0n) is 11.8. The molecule has 5 N–H and O–H groups in total. The van der Waals surface area contributed by atoms with E-state index in [9.17, 15) is 14.7 Å². The predicted octanol–water partition coefficient (Wildman–Crippen LogP) is 0.939. The van der Waals surface area contributed by atoms with Gasteiger partial charge in [0.05, 0.1) is 4.70 Å². The summed E-state index contributed by atoms with van der Waals surface area (Å²) in [6, 6.07) is 3.42. The number of aromatic hydroxyl groups is 1. The molecule has 1 atom stereocenters. The summed E-state index contributed by atoms with van der Waals surface area (Å²) in [6.07, 6.45) is 1.45. The number of carbonyl (C=O) groups excluding carboxylic acids is 1. The fourth-order valence-corrected chi connectivity index (χ4v) is 2.98. The topological polar surface area (TPSA) is 108 Å². The number of fused-ring (bicyclic) bond motifs is 1. The molecule has 1 amide bonds. The van der Waals surface area contributed by atoms with Gasteiger partial charge in [0.2, 0.25) is 5.91 Å². The number of phenolic OH excluding ortho intramolecular Hbond substituents is 1. The number of nitrogens with two attached hydrogens (primary N) is 1. The summed E-state index contributed by atoms with van der Waals surface area (Å²) in [7, 11) is 0. The van der Waals surface area contributed by atoms with Crippen LogP contribution in [0.3, 0.4) is 0 Å². The number of H-pyrrole nitrogens is 1. The van der Waals surface area contributed by atoms with Gasteiger partial charge in [0.1, 0.15) is 11.3 Å². The number of phenols is 1.